The number of hydrogen-bond acceptors (Lipinski definition) is 3. The molecule has 1 heterocycles. The lowest BCUT2D eigenvalue weighted by molar-refractivity contribution is 0.410. The second kappa shape index (κ2) is 1.69. The van der Waals surface area contributed by atoms with Gasteiger partial charge >= 0.3 is 0 Å². The van der Waals surface area contributed by atoms with Crippen LogP contribution in [0, 0.1) is 0 Å². The van der Waals surface area contributed by atoms with Crippen LogP contribution >= 0.6 is 0 Å². The SMILES string of the molecule is C=C(N)c1ccno1. The maximum atomic E-state index is 5.23. The Bertz CT molecular complexity index is 178. The molecule has 0 aliphatic heterocycles. The molecule has 1 rings (SSSR count). The first-order valence-electron chi connectivity index (χ1n) is 2.16. The molecule has 0 aromatic carbocycles. The van der Waals surface area contributed by atoms with Crippen LogP contribution in [0.15, 0.2) is 23.4 Å². The molecule has 0 radical (unpaired) electrons. The average Bonchev–Trinajstić information content (AvgIpc) is 2.12. The van der Waals surface area contributed by atoms with Crippen LogP contribution in [0.3, 0.4) is 0 Å². The summed E-state index contributed by atoms with van der Waals surface area (Å²) < 4.78 is 4.62. The lowest BCUT2D eigenvalue weighted by Gasteiger charge is -1.84. The summed E-state index contributed by atoms with van der Waals surface area (Å²) in [6, 6.07) is 1.66. The van der Waals surface area contributed by atoms with Gasteiger partial charge in [-0.05, 0) is 0 Å². The molecule has 1 aromatic heterocycles. The zero-order valence-electron chi connectivity index (χ0n) is 4.29. The maximum Gasteiger partial charge on any atom is 0.181 e. The Kier molecular flexibility index (Phi) is 1.04. The fourth-order valence-electron chi connectivity index (χ4n) is 0.381. The summed E-state index contributed by atoms with van der Waals surface area (Å²) in [6.45, 7) is 3.44. The predicted octanol–water partition coefficient (Wildman–Crippen LogP) is 0.604. The second-order valence-electron chi connectivity index (χ2n) is 1.40. The maximum absolute atomic E-state index is 5.23. The van der Waals surface area contributed by atoms with E-state index in [2.05, 4.69) is 16.3 Å². The summed E-state index contributed by atoms with van der Waals surface area (Å²) >= 11 is 0. The zero-order valence-corrected chi connectivity index (χ0v) is 4.29. The van der Waals surface area contributed by atoms with E-state index in [0.29, 0.717) is 11.5 Å². The third-order valence-corrected chi connectivity index (χ3v) is 0.754. The molecule has 0 saturated heterocycles. The van der Waals surface area contributed by atoms with Crippen molar-refractivity contribution < 1.29 is 4.52 Å². The fraction of sp³-hybridized carbons (Fsp3) is 0. The molecule has 0 aliphatic rings. The highest BCUT2D eigenvalue weighted by molar-refractivity contribution is 5.53. The topological polar surface area (TPSA) is 52.0 Å². The largest absolute Gasteiger partial charge is 0.396 e. The van der Waals surface area contributed by atoms with Gasteiger partial charge < -0.3 is 10.3 Å². The van der Waals surface area contributed by atoms with E-state index >= 15 is 0 Å². The van der Waals surface area contributed by atoms with Gasteiger partial charge in [-0.25, -0.2) is 0 Å². The summed E-state index contributed by atoms with van der Waals surface area (Å²) in [5, 5.41) is 3.43. The molecule has 0 fully saturated rings. The summed E-state index contributed by atoms with van der Waals surface area (Å²) in [5.74, 6) is 0.532. The first-order valence-corrected chi connectivity index (χ1v) is 2.16. The number of aromatic nitrogens is 1. The van der Waals surface area contributed by atoms with Crippen molar-refractivity contribution in [2.24, 2.45) is 5.73 Å². The summed E-state index contributed by atoms with van der Waals surface area (Å²) in [7, 11) is 0. The number of hydrogen-bond donors (Lipinski definition) is 1. The van der Waals surface area contributed by atoms with E-state index < -0.39 is 0 Å². The minimum absolute atomic E-state index is 0.405. The van der Waals surface area contributed by atoms with E-state index in [4.69, 9.17) is 5.73 Å². The Hall–Kier alpha value is -1.25. The Morgan fingerprint density at radius 3 is 2.88 bits per heavy atom. The van der Waals surface area contributed by atoms with Crippen molar-refractivity contribution in [3.63, 3.8) is 0 Å². The highest BCUT2D eigenvalue weighted by Crippen LogP contribution is 2.02. The van der Waals surface area contributed by atoms with Crippen LogP contribution in [-0.4, -0.2) is 5.16 Å². The Balaban J connectivity index is 2.93. The minimum atomic E-state index is 0.405. The highest BCUT2D eigenvalue weighted by Gasteiger charge is 1.93. The first kappa shape index (κ1) is 4.90. The van der Waals surface area contributed by atoms with E-state index in [0.717, 1.165) is 0 Å². The molecule has 0 spiro atoms. The molecule has 0 atom stereocenters. The summed E-state index contributed by atoms with van der Waals surface area (Å²) in [5.41, 5.74) is 5.64. The lowest BCUT2D eigenvalue weighted by atomic mass is 10.4. The normalized spacial score (nSPS) is 9.00. The number of rotatable bonds is 1. The quantitative estimate of drug-likeness (QED) is 0.576. The highest BCUT2D eigenvalue weighted by atomic mass is 16.5. The first-order chi connectivity index (χ1) is 3.80. The van der Waals surface area contributed by atoms with Crippen molar-refractivity contribution in [2.45, 2.75) is 0 Å². The van der Waals surface area contributed by atoms with Gasteiger partial charge in [0.15, 0.2) is 5.76 Å². The third kappa shape index (κ3) is 0.703. The molecular formula is C5H6N2O. The van der Waals surface area contributed by atoms with Crippen molar-refractivity contribution in [3.05, 3.63) is 24.6 Å². The fourth-order valence-corrected chi connectivity index (χ4v) is 0.381. The van der Waals surface area contributed by atoms with Crippen LogP contribution < -0.4 is 5.73 Å². The van der Waals surface area contributed by atoms with Crippen LogP contribution in [-0.2, 0) is 0 Å². The standard InChI is InChI=1S/C5H6N2O/c1-4(6)5-2-3-7-8-5/h2-3H,1,6H2. The van der Waals surface area contributed by atoms with Crippen LogP contribution in [0.4, 0.5) is 0 Å². The van der Waals surface area contributed by atoms with E-state index in [1.54, 1.807) is 6.07 Å². The van der Waals surface area contributed by atoms with Gasteiger partial charge in [-0.1, -0.05) is 11.7 Å². The van der Waals surface area contributed by atoms with Crippen LogP contribution in [0.5, 0.6) is 0 Å². The molecule has 3 heteroatoms. The van der Waals surface area contributed by atoms with Gasteiger partial charge in [0.2, 0.25) is 0 Å². The molecule has 0 bridgehead atoms. The molecule has 1 aromatic rings. The van der Waals surface area contributed by atoms with Crippen LogP contribution in [0.25, 0.3) is 5.70 Å². The van der Waals surface area contributed by atoms with Crippen molar-refractivity contribution in [2.75, 3.05) is 0 Å². The van der Waals surface area contributed by atoms with Gasteiger partial charge in [0, 0.05) is 6.07 Å². The van der Waals surface area contributed by atoms with Gasteiger partial charge in [-0.15, -0.1) is 0 Å². The van der Waals surface area contributed by atoms with Crippen molar-refractivity contribution in [1.82, 2.24) is 5.16 Å². The van der Waals surface area contributed by atoms with E-state index in [-0.39, 0.29) is 0 Å². The monoisotopic (exact) mass is 110 g/mol. The molecule has 0 unspecified atom stereocenters. The van der Waals surface area contributed by atoms with Gasteiger partial charge in [0.25, 0.3) is 0 Å². The Morgan fingerprint density at radius 1 is 1.88 bits per heavy atom. The zero-order chi connectivity index (χ0) is 5.98. The van der Waals surface area contributed by atoms with Gasteiger partial charge in [0.1, 0.15) is 0 Å². The number of nitrogens with zero attached hydrogens (tertiary/aromatic N) is 1. The van der Waals surface area contributed by atoms with Crippen molar-refractivity contribution in [1.29, 1.82) is 0 Å². The van der Waals surface area contributed by atoms with Crippen LogP contribution in [0.1, 0.15) is 5.76 Å². The molecular weight excluding hydrogens is 104 g/mol. The predicted molar refractivity (Wildman–Crippen MR) is 29.7 cm³/mol. The Morgan fingerprint density at radius 2 is 2.62 bits per heavy atom. The molecule has 3 nitrogen and oxygen atoms in total. The van der Waals surface area contributed by atoms with E-state index in [1.165, 1.54) is 6.20 Å². The summed E-state index contributed by atoms with van der Waals surface area (Å²) in [6.07, 6.45) is 1.52. The van der Waals surface area contributed by atoms with Crippen molar-refractivity contribution >= 4 is 5.70 Å². The van der Waals surface area contributed by atoms with Crippen molar-refractivity contribution in [3.8, 4) is 0 Å². The smallest absolute Gasteiger partial charge is 0.181 e. The van der Waals surface area contributed by atoms with E-state index in [1.807, 2.05) is 0 Å². The minimum Gasteiger partial charge on any atom is -0.396 e. The lowest BCUT2D eigenvalue weighted by Crippen LogP contribution is -1.90. The van der Waals surface area contributed by atoms with Gasteiger partial charge in [-0.3, -0.25) is 0 Å². The van der Waals surface area contributed by atoms with Gasteiger partial charge in [-0.2, -0.15) is 0 Å². The average molecular weight is 110 g/mol. The molecule has 0 amide bonds. The van der Waals surface area contributed by atoms with Gasteiger partial charge in [0.05, 0.1) is 11.9 Å². The summed E-state index contributed by atoms with van der Waals surface area (Å²) in [4.78, 5) is 0. The molecule has 42 valence electrons. The van der Waals surface area contributed by atoms with E-state index in [9.17, 15) is 0 Å². The Labute approximate surface area is 46.8 Å². The molecule has 2 N–H and O–H groups in total. The molecule has 8 heavy (non-hydrogen) atoms. The third-order valence-electron chi connectivity index (χ3n) is 0.754. The second-order valence-corrected chi connectivity index (χ2v) is 1.40. The number of nitrogens with two attached hydrogens (primary N) is 1. The molecule has 0 saturated carbocycles. The molecule has 0 aliphatic carbocycles. The van der Waals surface area contributed by atoms with Crippen LogP contribution in [0.2, 0.25) is 0 Å².